The molecule has 4 aromatic rings. The molecule has 2 heterocycles. The van der Waals surface area contributed by atoms with E-state index in [0.29, 0.717) is 18.8 Å². The van der Waals surface area contributed by atoms with Crippen LogP contribution in [0.4, 0.5) is 0 Å². The topological polar surface area (TPSA) is 77.6 Å². The van der Waals surface area contributed by atoms with E-state index in [0.717, 1.165) is 23.2 Å². The van der Waals surface area contributed by atoms with Crippen LogP contribution in [0.15, 0.2) is 79.3 Å². The summed E-state index contributed by atoms with van der Waals surface area (Å²) in [6.07, 6.45) is 6.06. The van der Waals surface area contributed by atoms with Gasteiger partial charge in [0.05, 0.1) is 18.4 Å². The van der Waals surface area contributed by atoms with E-state index >= 15 is 0 Å². The Balaban J connectivity index is 1.28. The van der Waals surface area contributed by atoms with Gasteiger partial charge < -0.3 is 5.32 Å². The van der Waals surface area contributed by atoms with E-state index in [9.17, 15) is 4.79 Å². The van der Waals surface area contributed by atoms with Gasteiger partial charge in [0, 0.05) is 18.9 Å². The van der Waals surface area contributed by atoms with Crippen LogP contribution >= 0.6 is 0 Å². The third kappa shape index (κ3) is 4.32. The van der Waals surface area contributed by atoms with Crippen molar-refractivity contribution in [3.8, 4) is 5.69 Å². The van der Waals surface area contributed by atoms with Crippen LogP contribution in [-0.4, -0.2) is 37.2 Å². The highest BCUT2D eigenvalue weighted by Gasteiger charge is 2.10. The van der Waals surface area contributed by atoms with Crippen molar-refractivity contribution >= 4 is 5.91 Å². The minimum Gasteiger partial charge on any atom is -0.350 e. The molecule has 140 valence electrons. The first-order valence-corrected chi connectivity index (χ1v) is 9.09. The minimum atomic E-state index is -0.215. The molecule has 0 unspecified atom stereocenters. The summed E-state index contributed by atoms with van der Waals surface area (Å²) in [5.74, 6) is -0.215. The van der Waals surface area contributed by atoms with Crippen molar-refractivity contribution in [3.63, 3.8) is 0 Å². The van der Waals surface area contributed by atoms with Crippen LogP contribution in [0, 0.1) is 0 Å². The van der Waals surface area contributed by atoms with Crippen molar-refractivity contribution in [1.82, 2.24) is 30.1 Å². The number of nitrogens with one attached hydrogen (secondary N) is 1. The maximum atomic E-state index is 12.3. The Bertz CT molecular complexity index is 1020. The number of hydrogen-bond donors (Lipinski definition) is 1. The van der Waals surface area contributed by atoms with Crippen LogP contribution in [0.25, 0.3) is 5.69 Å². The number of carbonyl (C=O) groups is 1. The molecule has 0 aliphatic rings. The van der Waals surface area contributed by atoms with Crippen molar-refractivity contribution in [2.75, 3.05) is 6.54 Å². The monoisotopic (exact) mass is 372 g/mol. The van der Waals surface area contributed by atoms with Crippen molar-refractivity contribution < 1.29 is 4.79 Å². The maximum Gasteiger partial charge on any atom is 0.273 e. The molecule has 0 aliphatic heterocycles. The molecule has 0 radical (unpaired) electrons. The third-order valence-corrected chi connectivity index (χ3v) is 4.36. The molecule has 4 rings (SSSR count). The Kier molecular flexibility index (Phi) is 5.24. The highest BCUT2D eigenvalue weighted by atomic mass is 16.2. The first-order valence-electron chi connectivity index (χ1n) is 9.09. The highest BCUT2D eigenvalue weighted by Crippen LogP contribution is 2.09. The van der Waals surface area contributed by atoms with E-state index in [1.54, 1.807) is 17.1 Å². The van der Waals surface area contributed by atoms with E-state index in [1.807, 2.05) is 71.5 Å². The molecule has 0 bridgehead atoms. The summed E-state index contributed by atoms with van der Waals surface area (Å²) in [6, 6.07) is 19.9. The molecule has 2 aromatic carbocycles. The van der Waals surface area contributed by atoms with E-state index < -0.39 is 0 Å². The fourth-order valence-electron chi connectivity index (χ4n) is 2.90. The lowest BCUT2D eigenvalue weighted by Crippen LogP contribution is -2.26. The molecule has 0 aliphatic carbocycles. The van der Waals surface area contributed by atoms with Gasteiger partial charge in [0.2, 0.25) is 0 Å². The lowest BCUT2D eigenvalue weighted by Gasteiger charge is -2.05. The normalized spacial score (nSPS) is 10.7. The Morgan fingerprint density at radius 3 is 2.54 bits per heavy atom. The molecule has 7 heteroatoms. The van der Waals surface area contributed by atoms with Crippen molar-refractivity contribution in [1.29, 1.82) is 0 Å². The van der Waals surface area contributed by atoms with Crippen LogP contribution in [0.1, 0.15) is 21.6 Å². The number of amides is 1. The zero-order valence-corrected chi connectivity index (χ0v) is 15.3. The number of rotatable bonds is 7. The van der Waals surface area contributed by atoms with Gasteiger partial charge in [-0.3, -0.25) is 4.79 Å². The zero-order chi connectivity index (χ0) is 19.2. The molecule has 0 saturated carbocycles. The molecule has 1 amide bonds. The Hall–Kier alpha value is -3.74. The largest absolute Gasteiger partial charge is 0.350 e. The molecule has 0 fully saturated rings. The van der Waals surface area contributed by atoms with Gasteiger partial charge in [-0.05, 0) is 35.7 Å². The molecule has 0 spiro atoms. The van der Waals surface area contributed by atoms with Gasteiger partial charge in [-0.15, -0.1) is 5.10 Å². The first kappa shape index (κ1) is 17.7. The van der Waals surface area contributed by atoms with Gasteiger partial charge in [0.1, 0.15) is 0 Å². The van der Waals surface area contributed by atoms with Gasteiger partial charge in [-0.25, -0.2) is 9.36 Å². The van der Waals surface area contributed by atoms with Crippen LogP contribution in [0.3, 0.4) is 0 Å². The summed E-state index contributed by atoms with van der Waals surface area (Å²) >= 11 is 0. The third-order valence-electron chi connectivity index (χ3n) is 4.36. The average molecular weight is 372 g/mol. The quantitative estimate of drug-likeness (QED) is 0.541. The van der Waals surface area contributed by atoms with Gasteiger partial charge in [0.25, 0.3) is 5.91 Å². The van der Waals surface area contributed by atoms with E-state index in [1.165, 1.54) is 0 Å². The average Bonchev–Trinajstić information content (AvgIpc) is 3.42. The second-order valence-electron chi connectivity index (χ2n) is 6.41. The second-order valence-corrected chi connectivity index (χ2v) is 6.41. The number of aromatic nitrogens is 5. The summed E-state index contributed by atoms with van der Waals surface area (Å²) in [5, 5.41) is 15.1. The summed E-state index contributed by atoms with van der Waals surface area (Å²) in [7, 11) is 0. The summed E-state index contributed by atoms with van der Waals surface area (Å²) in [4.78, 5) is 12.3. The highest BCUT2D eigenvalue weighted by molar-refractivity contribution is 5.91. The second kappa shape index (κ2) is 8.30. The summed E-state index contributed by atoms with van der Waals surface area (Å²) < 4.78 is 3.47. The summed E-state index contributed by atoms with van der Waals surface area (Å²) in [6.45, 7) is 1.12. The molecular weight excluding hydrogens is 352 g/mol. The van der Waals surface area contributed by atoms with Crippen LogP contribution in [0.2, 0.25) is 0 Å². The maximum absolute atomic E-state index is 12.3. The SMILES string of the molecule is O=C(NCCc1ccc(-n2cccn2)cc1)c1cn(Cc2ccccc2)nn1. The number of benzene rings is 2. The molecule has 0 saturated heterocycles. The van der Waals surface area contributed by atoms with Gasteiger partial charge in [0.15, 0.2) is 5.69 Å². The van der Waals surface area contributed by atoms with Crippen molar-refractivity contribution in [3.05, 3.63) is 96.1 Å². The van der Waals surface area contributed by atoms with Crippen LogP contribution in [-0.2, 0) is 13.0 Å². The number of nitrogens with zero attached hydrogens (tertiary/aromatic N) is 5. The van der Waals surface area contributed by atoms with Gasteiger partial charge in [-0.1, -0.05) is 47.7 Å². The van der Waals surface area contributed by atoms with Crippen molar-refractivity contribution in [2.45, 2.75) is 13.0 Å². The Labute approximate surface area is 162 Å². The number of hydrogen-bond acceptors (Lipinski definition) is 4. The first-order chi connectivity index (χ1) is 13.8. The van der Waals surface area contributed by atoms with Crippen LogP contribution < -0.4 is 5.32 Å². The van der Waals surface area contributed by atoms with Gasteiger partial charge in [-0.2, -0.15) is 5.10 Å². The fraction of sp³-hybridized carbons (Fsp3) is 0.143. The number of carbonyl (C=O) groups excluding carboxylic acids is 1. The molecule has 1 N–H and O–H groups in total. The van der Waals surface area contributed by atoms with Gasteiger partial charge >= 0.3 is 0 Å². The minimum absolute atomic E-state index is 0.215. The predicted octanol–water partition coefficient (Wildman–Crippen LogP) is 2.48. The lowest BCUT2D eigenvalue weighted by molar-refractivity contribution is 0.0949. The van der Waals surface area contributed by atoms with E-state index in [-0.39, 0.29) is 5.91 Å². The molecule has 7 nitrogen and oxygen atoms in total. The molecule has 0 atom stereocenters. The van der Waals surface area contributed by atoms with E-state index in [4.69, 9.17) is 0 Å². The fourth-order valence-corrected chi connectivity index (χ4v) is 2.90. The Morgan fingerprint density at radius 1 is 0.964 bits per heavy atom. The van der Waals surface area contributed by atoms with Crippen LogP contribution in [0.5, 0.6) is 0 Å². The molecule has 2 aromatic heterocycles. The zero-order valence-electron chi connectivity index (χ0n) is 15.3. The molecule has 28 heavy (non-hydrogen) atoms. The molecular formula is C21H20N6O. The standard InChI is InChI=1S/C21H20N6O/c28-21(20-16-26(25-24-20)15-18-5-2-1-3-6-18)22-13-11-17-7-9-19(10-8-17)27-14-4-12-23-27/h1-10,12,14,16H,11,13,15H2,(H,22,28). The smallest absolute Gasteiger partial charge is 0.273 e. The Morgan fingerprint density at radius 2 is 1.79 bits per heavy atom. The lowest BCUT2D eigenvalue weighted by atomic mass is 10.1. The predicted molar refractivity (Wildman–Crippen MR) is 105 cm³/mol. The van der Waals surface area contributed by atoms with E-state index in [2.05, 4.69) is 20.7 Å². The van der Waals surface area contributed by atoms with Crippen molar-refractivity contribution in [2.24, 2.45) is 0 Å². The summed E-state index contributed by atoms with van der Waals surface area (Å²) in [5.41, 5.74) is 3.58.